The van der Waals surface area contributed by atoms with Crippen LogP contribution in [-0.2, 0) is 20.3 Å². The summed E-state index contributed by atoms with van der Waals surface area (Å²) in [5.41, 5.74) is 6.05. The van der Waals surface area contributed by atoms with Crippen LogP contribution in [0, 0.1) is 19.8 Å². The summed E-state index contributed by atoms with van der Waals surface area (Å²) in [7, 11) is 0.628. The van der Waals surface area contributed by atoms with Crippen LogP contribution in [0.25, 0.3) is 0 Å². The first-order chi connectivity index (χ1) is 17.5. The number of piperazine rings is 1. The van der Waals surface area contributed by atoms with Crippen molar-refractivity contribution in [1.29, 1.82) is 0 Å². The van der Waals surface area contributed by atoms with E-state index in [0.717, 1.165) is 5.92 Å². The number of nitrogens with zero attached hydrogens (tertiary/aromatic N) is 1. The van der Waals surface area contributed by atoms with E-state index in [2.05, 4.69) is 182 Å². The molecule has 0 spiro atoms. The van der Waals surface area contributed by atoms with Crippen LogP contribution < -0.4 is 5.32 Å². The molecule has 38 heavy (non-hydrogen) atoms. The Morgan fingerprint density at radius 3 is 1.37 bits per heavy atom. The number of hydrogen-bond donors (Lipinski definition) is 1. The third kappa shape index (κ3) is 18.0. The van der Waals surface area contributed by atoms with Crippen LogP contribution in [0.4, 0.5) is 0 Å². The van der Waals surface area contributed by atoms with Gasteiger partial charge in [-0.15, -0.1) is 0 Å². The molecule has 3 atom stereocenters. The summed E-state index contributed by atoms with van der Waals surface area (Å²) < 4.78 is 0. The SMILES string of the molecule is CCC(C)CN1CC(C)NC(C)C1.Cc1ccc(C(C)(C)C)cc1.Cc1ccc(C(C)(C)C)cc1.[I][V][I]. The quantitative estimate of drug-likeness (QED) is 0.312. The molecule has 1 fully saturated rings. The average Bonchev–Trinajstić information content (AvgIpc) is 2.79. The molecule has 1 heterocycles. The molecule has 0 bridgehead atoms. The Labute approximate surface area is 266 Å². The number of aryl methyl sites for hydroxylation is 2. The second-order valence-corrected chi connectivity index (χ2v) is 24.8. The molecule has 5 heteroatoms. The van der Waals surface area contributed by atoms with Crippen molar-refractivity contribution in [2.45, 2.75) is 112 Å². The molecule has 1 aliphatic heterocycles. The van der Waals surface area contributed by atoms with Crippen molar-refractivity contribution in [3.63, 3.8) is 0 Å². The van der Waals surface area contributed by atoms with Gasteiger partial charge in [0.25, 0.3) is 0 Å². The van der Waals surface area contributed by atoms with Crippen LogP contribution in [0.1, 0.15) is 97.9 Å². The predicted molar refractivity (Wildman–Crippen MR) is 186 cm³/mol. The molecule has 0 aliphatic carbocycles. The summed E-state index contributed by atoms with van der Waals surface area (Å²) in [6.45, 7) is 30.5. The molecule has 0 amide bonds. The van der Waals surface area contributed by atoms with Crippen molar-refractivity contribution in [2.75, 3.05) is 19.6 Å². The molecule has 1 N–H and O–H groups in total. The van der Waals surface area contributed by atoms with Gasteiger partial charge < -0.3 is 10.2 Å². The van der Waals surface area contributed by atoms with Crippen molar-refractivity contribution in [2.24, 2.45) is 5.92 Å². The molecule has 3 rings (SSSR count). The van der Waals surface area contributed by atoms with Gasteiger partial charge in [0.15, 0.2) is 0 Å². The molecule has 2 aromatic rings. The van der Waals surface area contributed by atoms with Gasteiger partial charge in [0.05, 0.1) is 0 Å². The van der Waals surface area contributed by atoms with Gasteiger partial charge in [0.2, 0.25) is 0 Å². The van der Waals surface area contributed by atoms with Crippen molar-refractivity contribution in [1.82, 2.24) is 10.2 Å². The summed E-state index contributed by atoms with van der Waals surface area (Å²) in [6, 6.07) is 18.8. The van der Waals surface area contributed by atoms with Crippen LogP contribution in [0.3, 0.4) is 0 Å². The van der Waals surface area contributed by atoms with Crippen LogP contribution in [0.15, 0.2) is 48.5 Å². The molecule has 0 radical (unpaired) electrons. The number of rotatable bonds is 3. The van der Waals surface area contributed by atoms with Gasteiger partial charge in [0.1, 0.15) is 0 Å². The molecule has 2 aromatic carbocycles. The van der Waals surface area contributed by atoms with E-state index in [1.807, 2.05) is 0 Å². The molecule has 1 aliphatic rings. The van der Waals surface area contributed by atoms with E-state index in [1.165, 1.54) is 48.3 Å². The first-order valence-corrected chi connectivity index (χ1v) is 23.1. The number of hydrogen-bond acceptors (Lipinski definition) is 2. The van der Waals surface area contributed by atoms with Crippen LogP contribution >= 0.6 is 40.0 Å². The summed E-state index contributed by atoms with van der Waals surface area (Å²) in [4.78, 5) is 2.60. The first kappa shape index (κ1) is 38.4. The van der Waals surface area contributed by atoms with Crippen molar-refractivity contribution < 1.29 is 9.47 Å². The van der Waals surface area contributed by atoms with Crippen molar-refractivity contribution in [3.8, 4) is 0 Å². The third-order valence-electron chi connectivity index (χ3n) is 6.74. The minimum absolute atomic E-state index is 0.285. The van der Waals surface area contributed by atoms with E-state index in [9.17, 15) is 0 Å². The molecule has 1 saturated heterocycles. The van der Waals surface area contributed by atoms with Gasteiger partial charge in [-0.3, -0.25) is 0 Å². The number of nitrogens with one attached hydrogen (secondary N) is 1. The van der Waals surface area contributed by atoms with Crippen LogP contribution in [0.5, 0.6) is 0 Å². The van der Waals surface area contributed by atoms with Gasteiger partial charge in [-0.2, -0.15) is 0 Å². The zero-order valence-corrected chi connectivity index (χ0v) is 32.0. The first-order valence-electron chi connectivity index (χ1n) is 14.1. The maximum absolute atomic E-state index is 3.56. The fraction of sp³-hybridized carbons (Fsp3) is 0.636. The minimum atomic E-state index is 0.285. The second kappa shape index (κ2) is 19.5. The standard InChI is InChI=1S/C11H24N2.2C11H16.2HI.V/c1-5-9(2)6-13-7-10(3)12-11(4)8-13;2*1-9-5-7-10(8-6-9)11(2,3)4;;;/h9-12H,5-8H2,1-4H3;2*5-8H,1-4H3;2*1H;/q;;;;;+2/p-2. The average molecular weight is 786 g/mol. The van der Waals surface area contributed by atoms with E-state index < -0.39 is 0 Å². The zero-order chi connectivity index (χ0) is 29.5. The van der Waals surface area contributed by atoms with Gasteiger partial charge >= 0.3 is 49.4 Å². The second-order valence-electron chi connectivity index (χ2n) is 13.0. The molecule has 3 unspecified atom stereocenters. The van der Waals surface area contributed by atoms with Crippen molar-refractivity contribution >= 4 is 40.0 Å². The summed E-state index contributed by atoms with van der Waals surface area (Å²) in [6.07, 6.45) is 1.30. The zero-order valence-electron chi connectivity index (χ0n) is 26.3. The fourth-order valence-corrected chi connectivity index (χ4v) is 4.27. The van der Waals surface area contributed by atoms with E-state index in [0.29, 0.717) is 21.5 Å². The monoisotopic (exact) mass is 785 g/mol. The topological polar surface area (TPSA) is 15.3 Å². The Morgan fingerprint density at radius 1 is 0.789 bits per heavy atom. The molecular formula is C33H56I2N2V. The maximum atomic E-state index is 3.56. The number of benzene rings is 2. The molecule has 2 nitrogen and oxygen atoms in total. The fourth-order valence-electron chi connectivity index (χ4n) is 4.27. The van der Waals surface area contributed by atoms with Gasteiger partial charge in [-0.05, 0) is 55.6 Å². The molecule has 0 aromatic heterocycles. The van der Waals surface area contributed by atoms with Gasteiger partial charge in [-0.1, -0.05) is 121 Å². The van der Waals surface area contributed by atoms with Crippen molar-refractivity contribution in [3.05, 3.63) is 70.8 Å². The molecule has 217 valence electrons. The Morgan fingerprint density at radius 2 is 1.11 bits per heavy atom. The summed E-state index contributed by atoms with van der Waals surface area (Å²) >= 11 is 4.74. The third-order valence-corrected chi connectivity index (χ3v) is 6.74. The normalized spacial score (nSPS) is 18.5. The Bertz CT molecular complexity index is 789. The molecule has 0 saturated carbocycles. The predicted octanol–water partition coefficient (Wildman–Crippen LogP) is 10.1. The molecular weight excluding hydrogens is 729 g/mol. The Balaban J connectivity index is 0.000000515. The Kier molecular flexibility index (Phi) is 19.7. The number of halogens is 2. The van der Waals surface area contributed by atoms with E-state index in [1.54, 1.807) is 0 Å². The van der Waals surface area contributed by atoms with Crippen LogP contribution in [0.2, 0.25) is 0 Å². The van der Waals surface area contributed by atoms with Gasteiger partial charge in [-0.25, -0.2) is 0 Å². The summed E-state index contributed by atoms with van der Waals surface area (Å²) in [5.74, 6) is 0.845. The summed E-state index contributed by atoms with van der Waals surface area (Å²) in [5, 5.41) is 3.56. The van der Waals surface area contributed by atoms with E-state index >= 15 is 0 Å². The van der Waals surface area contributed by atoms with E-state index in [4.69, 9.17) is 0 Å². The van der Waals surface area contributed by atoms with Crippen LogP contribution in [-0.4, -0.2) is 36.6 Å². The Hall–Kier alpha value is 0.404. The van der Waals surface area contributed by atoms with Gasteiger partial charge in [0, 0.05) is 31.7 Å². The van der Waals surface area contributed by atoms with E-state index in [-0.39, 0.29) is 10.8 Å².